The van der Waals surface area contributed by atoms with E-state index < -0.39 is 0 Å². The number of hydrogen-bond acceptors (Lipinski definition) is 4. The van der Waals surface area contributed by atoms with E-state index in [2.05, 4.69) is 22.1 Å². The third-order valence-electron chi connectivity index (χ3n) is 3.87. The molecular weight excluding hydrogens is 399 g/mol. The quantitative estimate of drug-likeness (QED) is 0.438. The smallest absolute Gasteiger partial charge is 0.230 e. The normalized spacial score (nSPS) is 10.6. The Kier molecular flexibility index (Phi) is 6.84. The van der Waals surface area contributed by atoms with Crippen LogP contribution >= 0.6 is 23.4 Å². The average molecular weight is 417 g/mol. The zero-order chi connectivity index (χ0) is 19.9. The van der Waals surface area contributed by atoms with Gasteiger partial charge in [0.25, 0.3) is 0 Å². The van der Waals surface area contributed by atoms with Crippen LogP contribution in [0.3, 0.4) is 0 Å². The Hall–Kier alpha value is -2.64. The molecule has 0 aliphatic carbocycles. The van der Waals surface area contributed by atoms with Gasteiger partial charge in [-0.2, -0.15) is 0 Å². The lowest BCUT2D eigenvalue weighted by atomic mass is 10.2. The molecule has 28 heavy (non-hydrogen) atoms. The highest BCUT2D eigenvalue weighted by molar-refractivity contribution is 7.99. The van der Waals surface area contributed by atoms with E-state index in [1.807, 2.05) is 16.7 Å². The second-order valence-corrected chi connectivity index (χ2v) is 7.28. The maximum Gasteiger partial charge on any atom is 0.230 e. The Morgan fingerprint density at radius 2 is 1.89 bits per heavy atom. The number of benzene rings is 2. The highest BCUT2D eigenvalue weighted by Gasteiger charge is 2.15. The zero-order valence-electron chi connectivity index (χ0n) is 14.9. The fourth-order valence-corrected chi connectivity index (χ4v) is 3.39. The van der Waals surface area contributed by atoms with Gasteiger partial charge < -0.3 is 5.32 Å². The zero-order valence-corrected chi connectivity index (χ0v) is 16.5. The molecule has 0 saturated heterocycles. The van der Waals surface area contributed by atoms with Crippen molar-refractivity contribution in [3.05, 3.63) is 77.6 Å². The summed E-state index contributed by atoms with van der Waals surface area (Å²) in [4.78, 5) is 12.1. The van der Waals surface area contributed by atoms with Gasteiger partial charge in [-0.3, -0.25) is 9.36 Å². The monoisotopic (exact) mass is 416 g/mol. The van der Waals surface area contributed by atoms with Gasteiger partial charge >= 0.3 is 0 Å². The van der Waals surface area contributed by atoms with Crippen molar-refractivity contribution >= 4 is 29.3 Å². The minimum atomic E-state index is -0.302. The molecule has 3 aromatic rings. The summed E-state index contributed by atoms with van der Waals surface area (Å²) in [7, 11) is 0. The molecule has 1 N–H and O–H groups in total. The van der Waals surface area contributed by atoms with Crippen molar-refractivity contribution in [2.24, 2.45) is 0 Å². The predicted octanol–water partition coefficient (Wildman–Crippen LogP) is 4.33. The third kappa shape index (κ3) is 5.21. The number of rotatable bonds is 8. The summed E-state index contributed by atoms with van der Waals surface area (Å²) < 4.78 is 14.8. The number of thioether (sulfide) groups is 1. The van der Waals surface area contributed by atoms with Crippen molar-refractivity contribution < 1.29 is 9.18 Å². The van der Waals surface area contributed by atoms with Gasteiger partial charge in [0.2, 0.25) is 5.91 Å². The minimum absolute atomic E-state index is 0.143. The number of carbonyl (C=O) groups is 1. The summed E-state index contributed by atoms with van der Waals surface area (Å²) >= 11 is 7.24. The number of amides is 1. The Bertz CT molecular complexity index is 957. The molecule has 5 nitrogen and oxygen atoms in total. The lowest BCUT2D eigenvalue weighted by Gasteiger charge is -2.08. The minimum Gasteiger partial charge on any atom is -0.351 e. The van der Waals surface area contributed by atoms with Gasteiger partial charge in [0.15, 0.2) is 11.0 Å². The number of hydrogen-bond donors (Lipinski definition) is 1. The van der Waals surface area contributed by atoms with Crippen molar-refractivity contribution in [1.29, 1.82) is 0 Å². The fourth-order valence-electron chi connectivity index (χ4n) is 2.49. The Morgan fingerprint density at radius 1 is 1.18 bits per heavy atom. The van der Waals surface area contributed by atoms with E-state index in [-0.39, 0.29) is 17.5 Å². The lowest BCUT2D eigenvalue weighted by molar-refractivity contribution is -0.118. The number of aromatic nitrogens is 3. The Labute approximate surface area is 171 Å². The van der Waals surface area contributed by atoms with Crippen molar-refractivity contribution in [1.82, 2.24) is 20.1 Å². The van der Waals surface area contributed by atoms with Crippen molar-refractivity contribution in [3.8, 4) is 11.4 Å². The summed E-state index contributed by atoms with van der Waals surface area (Å²) in [6, 6.07) is 13.3. The van der Waals surface area contributed by atoms with Gasteiger partial charge in [0, 0.05) is 23.7 Å². The van der Waals surface area contributed by atoms with Crippen LogP contribution in [0.5, 0.6) is 0 Å². The van der Waals surface area contributed by atoms with Gasteiger partial charge in [-0.25, -0.2) is 4.39 Å². The van der Waals surface area contributed by atoms with E-state index in [0.29, 0.717) is 29.1 Å². The first-order chi connectivity index (χ1) is 13.6. The third-order valence-corrected chi connectivity index (χ3v) is 5.08. The van der Waals surface area contributed by atoms with E-state index in [1.54, 1.807) is 30.3 Å². The molecule has 0 bridgehead atoms. The molecular formula is C20H18ClFN4OS. The molecule has 0 saturated carbocycles. The topological polar surface area (TPSA) is 59.8 Å². The molecule has 1 heterocycles. The molecule has 0 spiro atoms. The first-order valence-corrected chi connectivity index (χ1v) is 9.87. The van der Waals surface area contributed by atoms with E-state index in [4.69, 9.17) is 11.6 Å². The molecule has 1 amide bonds. The lowest BCUT2D eigenvalue weighted by Crippen LogP contribution is -2.24. The number of halogens is 2. The van der Waals surface area contributed by atoms with Crippen LogP contribution in [0.25, 0.3) is 11.4 Å². The number of nitrogens with zero attached hydrogens (tertiary/aromatic N) is 3. The second-order valence-electron chi connectivity index (χ2n) is 5.90. The SMILES string of the molecule is C=CCn1c(SCC(=O)NCc2ccc(F)cc2)nnc1-c1ccc(Cl)cc1. The summed E-state index contributed by atoms with van der Waals surface area (Å²) in [5.74, 6) is 0.432. The summed E-state index contributed by atoms with van der Waals surface area (Å²) in [5, 5.41) is 12.5. The van der Waals surface area contributed by atoms with Crippen molar-refractivity contribution in [2.45, 2.75) is 18.2 Å². The maximum atomic E-state index is 12.9. The van der Waals surface area contributed by atoms with Gasteiger partial charge in [0.1, 0.15) is 5.82 Å². The second kappa shape index (κ2) is 9.52. The van der Waals surface area contributed by atoms with Crippen LogP contribution in [0.1, 0.15) is 5.56 Å². The number of allylic oxidation sites excluding steroid dienone is 1. The molecule has 3 rings (SSSR count). The molecule has 0 unspecified atom stereocenters. The van der Waals surface area contributed by atoms with Gasteiger partial charge in [0.05, 0.1) is 5.75 Å². The van der Waals surface area contributed by atoms with Crippen LogP contribution in [-0.2, 0) is 17.9 Å². The standard InChI is InChI=1S/C20H18ClFN4OS/c1-2-11-26-19(15-5-7-16(21)8-6-15)24-25-20(26)28-13-18(27)23-12-14-3-9-17(22)10-4-14/h2-10H,1,11-13H2,(H,23,27). The Morgan fingerprint density at radius 3 is 2.57 bits per heavy atom. The first-order valence-electron chi connectivity index (χ1n) is 8.51. The molecule has 1 aromatic heterocycles. The molecule has 0 fully saturated rings. The molecule has 0 aliphatic heterocycles. The Balaban J connectivity index is 1.63. The van der Waals surface area contributed by atoms with E-state index in [0.717, 1.165) is 11.1 Å². The highest BCUT2D eigenvalue weighted by Crippen LogP contribution is 2.25. The summed E-state index contributed by atoms with van der Waals surface area (Å²) in [6.45, 7) is 4.64. The van der Waals surface area contributed by atoms with Crippen LogP contribution in [0.4, 0.5) is 4.39 Å². The average Bonchev–Trinajstić information content (AvgIpc) is 3.09. The predicted molar refractivity (Wildman–Crippen MR) is 110 cm³/mol. The van der Waals surface area contributed by atoms with Crippen molar-refractivity contribution in [3.63, 3.8) is 0 Å². The molecule has 0 atom stereocenters. The fraction of sp³-hybridized carbons (Fsp3) is 0.150. The molecule has 0 radical (unpaired) electrons. The van der Waals surface area contributed by atoms with Gasteiger partial charge in [-0.05, 0) is 42.0 Å². The largest absolute Gasteiger partial charge is 0.351 e. The number of nitrogens with one attached hydrogen (secondary N) is 1. The highest BCUT2D eigenvalue weighted by atomic mass is 35.5. The van der Waals surface area contributed by atoms with Crippen LogP contribution < -0.4 is 5.32 Å². The first kappa shape index (κ1) is 20.1. The van der Waals surface area contributed by atoms with Crippen LogP contribution in [0, 0.1) is 5.82 Å². The summed E-state index contributed by atoms with van der Waals surface area (Å²) in [5.41, 5.74) is 1.71. The van der Waals surface area contributed by atoms with E-state index in [9.17, 15) is 9.18 Å². The summed E-state index contributed by atoms with van der Waals surface area (Å²) in [6.07, 6.45) is 1.75. The van der Waals surface area contributed by atoms with E-state index in [1.165, 1.54) is 23.9 Å². The van der Waals surface area contributed by atoms with Crippen LogP contribution in [0.15, 0.2) is 66.3 Å². The van der Waals surface area contributed by atoms with Crippen LogP contribution in [0.2, 0.25) is 5.02 Å². The van der Waals surface area contributed by atoms with Gasteiger partial charge in [-0.1, -0.05) is 41.6 Å². The van der Waals surface area contributed by atoms with Gasteiger partial charge in [-0.15, -0.1) is 16.8 Å². The van der Waals surface area contributed by atoms with Crippen molar-refractivity contribution in [2.75, 3.05) is 5.75 Å². The van der Waals surface area contributed by atoms with Crippen LogP contribution in [-0.4, -0.2) is 26.4 Å². The molecule has 2 aromatic carbocycles. The molecule has 0 aliphatic rings. The molecule has 8 heteroatoms. The van der Waals surface area contributed by atoms with E-state index >= 15 is 0 Å². The molecule has 144 valence electrons. The maximum absolute atomic E-state index is 12.9. The number of carbonyl (C=O) groups excluding carboxylic acids is 1.